The molecular formula is C15H22ClNO2. The molecule has 0 aliphatic rings. The van der Waals surface area contributed by atoms with Gasteiger partial charge >= 0.3 is 0 Å². The van der Waals surface area contributed by atoms with E-state index in [4.69, 9.17) is 16.3 Å². The van der Waals surface area contributed by atoms with Crippen LogP contribution in [0.15, 0.2) is 24.3 Å². The molecule has 0 aliphatic carbocycles. The summed E-state index contributed by atoms with van der Waals surface area (Å²) < 4.78 is 5.14. The largest absolute Gasteiger partial charge is 0.497 e. The van der Waals surface area contributed by atoms with E-state index in [1.807, 2.05) is 24.3 Å². The zero-order valence-corrected chi connectivity index (χ0v) is 12.6. The van der Waals surface area contributed by atoms with Crippen LogP contribution in [0.4, 0.5) is 0 Å². The molecule has 0 saturated carbocycles. The van der Waals surface area contributed by atoms with Crippen molar-refractivity contribution in [2.45, 2.75) is 26.7 Å². The van der Waals surface area contributed by atoms with Crippen LogP contribution in [-0.4, -0.2) is 25.4 Å². The van der Waals surface area contributed by atoms with Crippen molar-refractivity contribution < 1.29 is 9.53 Å². The van der Waals surface area contributed by atoms with Crippen LogP contribution in [0.5, 0.6) is 5.75 Å². The molecule has 0 unspecified atom stereocenters. The fourth-order valence-corrected chi connectivity index (χ4v) is 2.22. The zero-order valence-electron chi connectivity index (χ0n) is 11.8. The monoisotopic (exact) mass is 283 g/mol. The van der Waals surface area contributed by atoms with Crippen molar-refractivity contribution in [2.24, 2.45) is 5.41 Å². The van der Waals surface area contributed by atoms with Crippen LogP contribution in [-0.2, 0) is 11.2 Å². The molecule has 1 aromatic rings. The minimum atomic E-state index is 0.0240. The van der Waals surface area contributed by atoms with Crippen LogP contribution in [0.2, 0.25) is 0 Å². The topological polar surface area (TPSA) is 38.3 Å². The van der Waals surface area contributed by atoms with Crippen molar-refractivity contribution in [2.75, 3.05) is 19.5 Å². The summed E-state index contributed by atoms with van der Waals surface area (Å²) in [6.45, 7) is 4.84. The van der Waals surface area contributed by atoms with Crippen LogP contribution in [0.3, 0.4) is 0 Å². The Kier molecular flexibility index (Phi) is 6.16. The van der Waals surface area contributed by atoms with Gasteiger partial charge in [0.1, 0.15) is 5.75 Å². The summed E-state index contributed by atoms with van der Waals surface area (Å²) in [6.07, 6.45) is 1.25. The number of benzene rings is 1. The third-order valence-corrected chi connectivity index (χ3v) is 3.22. The Morgan fingerprint density at radius 2 is 2.16 bits per heavy atom. The third-order valence-electron chi connectivity index (χ3n) is 3.03. The number of hydrogen-bond acceptors (Lipinski definition) is 2. The highest BCUT2D eigenvalue weighted by Gasteiger charge is 2.18. The van der Waals surface area contributed by atoms with Crippen LogP contribution in [0.25, 0.3) is 0 Å². The van der Waals surface area contributed by atoms with E-state index < -0.39 is 0 Å². The lowest BCUT2D eigenvalue weighted by molar-refractivity contribution is -0.120. The van der Waals surface area contributed by atoms with Gasteiger partial charge in [0, 0.05) is 12.4 Å². The fraction of sp³-hybridized carbons (Fsp3) is 0.533. The maximum atomic E-state index is 11.9. The summed E-state index contributed by atoms with van der Waals surface area (Å²) in [7, 11) is 1.62. The highest BCUT2D eigenvalue weighted by molar-refractivity contribution is 6.17. The van der Waals surface area contributed by atoms with Crippen molar-refractivity contribution >= 4 is 17.5 Å². The number of hydrogen-bond donors (Lipinski definition) is 1. The molecule has 0 aliphatic heterocycles. The molecule has 0 fully saturated rings. The summed E-state index contributed by atoms with van der Waals surface area (Å²) in [5.74, 6) is 1.40. The van der Waals surface area contributed by atoms with Gasteiger partial charge in [-0.15, -0.1) is 11.6 Å². The lowest BCUT2D eigenvalue weighted by Gasteiger charge is -2.23. The molecule has 0 bridgehead atoms. The van der Waals surface area contributed by atoms with E-state index in [0.717, 1.165) is 17.7 Å². The SMILES string of the molecule is COc1cccc(CC(=O)NCC(C)(C)CCCl)c1. The van der Waals surface area contributed by atoms with Crippen molar-refractivity contribution in [3.8, 4) is 5.75 Å². The second-order valence-corrected chi connectivity index (χ2v) is 5.79. The normalized spacial score (nSPS) is 11.2. The number of ether oxygens (including phenoxy) is 1. The Morgan fingerprint density at radius 3 is 2.79 bits per heavy atom. The van der Waals surface area contributed by atoms with Crippen LogP contribution in [0.1, 0.15) is 25.8 Å². The second-order valence-electron chi connectivity index (χ2n) is 5.41. The minimum Gasteiger partial charge on any atom is -0.497 e. The highest BCUT2D eigenvalue weighted by Crippen LogP contribution is 2.19. The van der Waals surface area contributed by atoms with Gasteiger partial charge < -0.3 is 10.1 Å². The Labute approximate surface area is 120 Å². The summed E-state index contributed by atoms with van der Waals surface area (Å²) in [6, 6.07) is 7.55. The van der Waals surface area contributed by atoms with E-state index in [1.54, 1.807) is 7.11 Å². The van der Waals surface area contributed by atoms with E-state index in [1.165, 1.54) is 0 Å². The first-order chi connectivity index (χ1) is 8.96. The molecule has 0 spiro atoms. The van der Waals surface area contributed by atoms with E-state index in [-0.39, 0.29) is 11.3 Å². The van der Waals surface area contributed by atoms with Crippen molar-refractivity contribution in [1.82, 2.24) is 5.32 Å². The van der Waals surface area contributed by atoms with Crippen LogP contribution < -0.4 is 10.1 Å². The molecule has 0 saturated heterocycles. The number of alkyl halides is 1. The molecule has 106 valence electrons. The molecule has 0 atom stereocenters. The molecule has 1 amide bonds. The average molecular weight is 284 g/mol. The summed E-state index contributed by atoms with van der Waals surface area (Å²) in [5, 5.41) is 2.96. The molecule has 0 radical (unpaired) electrons. The van der Waals surface area contributed by atoms with Gasteiger partial charge in [-0.1, -0.05) is 26.0 Å². The van der Waals surface area contributed by atoms with Crippen LogP contribution in [0, 0.1) is 5.41 Å². The predicted octanol–water partition coefficient (Wildman–Crippen LogP) is 3.01. The third kappa shape index (κ3) is 5.97. The summed E-state index contributed by atoms with van der Waals surface area (Å²) in [4.78, 5) is 11.9. The minimum absolute atomic E-state index is 0.0240. The summed E-state index contributed by atoms with van der Waals surface area (Å²) in [5.41, 5.74) is 0.984. The van der Waals surface area contributed by atoms with Gasteiger partial charge in [0.05, 0.1) is 13.5 Å². The van der Waals surface area contributed by atoms with Crippen molar-refractivity contribution in [3.63, 3.8) is 0 Å². The fourth-order valence-electron chi connectivity index (χ4n) is 1.71. The first kappa shape index (κ1) is 15.8. The first-order valence-electron chi connectivity index (χ1n) is 6.42. The van der Waals surface area contributed by atoms with Gasteiger partial charge in [-0.05, 0) is 29.5 Å². The Hall–Kier alpha value is -1.22. The average Bonchev–Trinajstić information content (AvgIpc) is 2.37. The number of rotatable bonds is 7. The molecule has 0 aromatic heterocycles. The van der Waals surface area contributed by atoms with Gasteiger partial charge in [-0.2, -0.15) is 0 Å². The first-order valence-corrected chi connectivity index (χ1v) is 6.96. The predicted molar refractivity (Wildman–Crippen MR) is 78.8 cm³/mol. The zero-order chi connectivity index (χ0) is 14.3. The van der Waals surface area contributed by atoms with Crippen molar-refractivity contribution in [3.05, 3.63) is 29.8 Å². The maximum absolute atomic E-state index is 11.9. The number of amides is 1. The molecule has 19 heavy (non-hydrogen) atoms. The number of methoxy groups -OCH3 is 1. The molecule has 4 heteroatoms. The van der Waals surface area contributed by atoms with E-state index >= 15 is 0 Å². The Morgan fingerprint density at radius 1 is 1.42 bits per heavy atom. The maximum Gasteiger partial charge on any atom is 0.224 e. The van der Waals surface area contributed by atoms with E-state index in [0.29, 0.717) is 18.8 Å². The van der Waals surface area contributed by atoms with E-state index in [9.17, 15) is 4.79 Å². The Bertz CT molecular complexity index is 418. The smallest absolute Gasteiger partial charge is 0.224 e. The van der Waals surface area contributed by atoms with Gasteiger partial charge in [0.2, 0.25) is 5.91 Å². The molecular weight excluding hydrogens is 262 g/mol. The van der Waals surface area contributed by atoms with Crippen molar-refractivity contribution in [1.29, 1.82) is 0 Å². The lowest BCUT2D eigenvalue weighted by atomic mass is 9.90. The van der Waals surface area contributed by atoms with Gasteiger partial charge in [-0.3, -0.25) is 4.79 Å². The van der Waals surface area contributed by atoms with Gasteiger partial charge in [0.25, 0.3) is 0 Å². The standard InChI is InChI=1S/C15H22ClNO2/c1-15(2,7-8-16)11-17-14(18)10-12-5-4-6-13(9-12)19-3/h4-6,9H,7-8,10-11H2,1-3H3,(H,17,18). The van der Waals surface area contributed by atoms with E-state index in [2.05, 4.69) is 19.2 Å². The molecule has 3 nitrogen and oxygen atoms in total. The number of carbonyl (C=O) groups excluding carboxylic acids is 1. The van der Waals surface area contributed by atoms with Gasteiger partial charge in [0.15, 0.2) is 0 Å². The summed E-state index contributed by atoms with van der Waals surface area (Å²) >= 11 is 5.74. The quantitative estimate of drug-likeness (QED) is 0.781. The highest BCUT2D eigenvalue weighted by atomic mass is 35.5. The lowest BCUT2D eigenvalue weighted by Crippen LogP contribution is -2.35. The number of carbonyl (C=O) groups is 1. The van der Waals surface area contributed by atoms with Crippen LogP contribution >= 0.6 is 11.6 Å². The number of nitrogens with one attached hydrogen (secondary N) is 1. The molecule has 1 N–H and O–H groups in total. The second kappa shape index (κ2) is 7.39. The molecule has 1 aromatic carbocycles. The molecule has 0 heterocycles. The van der Waals surface area contributed by atoms with Gasteiger partial charge in [-0.25, -0.2) is 0 Å². The number of halogens is 1. The Balaban J connectivity index is 2.46. The molecule has 1 rings (SSSR count).